The van der Waals surface area contributed by atoms with Gasteiger partial charge in [-0.15, -0.1) is 0 Å². The lowest BCUT2D eigenvalue weighted by Gasteiger charge is -2.32. The van der Waals surface area contributed by atoms with Gasteiger partial charge in [-0.1, -0.05) is 6.07 Å². The molecule has 1 fully saturated rings. The second-order valence-electron chi connectivity index (χ2n) is 6.08. The Labute approximate surface area is 142 Å². The quantitative estimate of drug-likeness (QED) is 0.862. The molecule has 1 heterocycles. The van der Waals surface area contributed by atoms with Gasteiger partial charge in [-0.05, 0) is 31.0 Å². The average Bonchev–Trinajstić information content (AvgIpc) is 2.54. The molecule has 0 aromatic heterocycles. The first-order valence-electron chi connectivity index (χ1n) is 7.81. The van der Waals surface area contributed by atoms with Crippen LogP contribution in [0.1, 0.15) is 30.1 Å². The minimum atomic E-state index is -3.57. The molecule has 1 aromatic carbocycles. The van der Waals surface area contributed by atoms with Crippen molar-refractivity contribution in [3.05, 3.63) is 29.8 Å². The second kappa shape index (κ2) is 7.31. The van der Waals surface area contributed by atoms with Crippen molar-refractivity contribution in [1.29, 1.82) is 0 Å². The van der Waals surface area contributed by atoms with E-state index in [4.69, 9.17) is 0 Å². The summed E-state index contributed by atoms with van der Waals surface area (Å²) < 4.78 is 25.5. The molecule has 0 bridgehead atoms. The Morgan fingerprint density at radius 2 is 1.83 bits per heavy atom. The van der Waals surface area contributed by atoms with Gasteiger partial charge >= 0.3 is 0 Å². The fourth-order valence-corrected chi connectivity index (χ4v) is 3.65. The minimum Gasteiger partial charge on any atom is -0.353 e. The lowest BCUT2D eigenvalue weighted by molar-refractivity contribution is -0.119. The molecule has 1 aromatic rings. The normalized spacial score (nSPS) is 16.2. The summed E-state index contributed by atoms with van der Waals surface area (Å²) in [7, 11) is -0.661. The van der Waals surface area contributed by atoms with Crippen LogP contribution >= 0.6 is 0 Å². The molecule has 0 unspecified atom stereocenters. The van der Waals surface area contributed by atoms with E-state index >= 15 is 0 Å². The first-order chi connectivity index (χ1) is 11.2. The number of hydrogen-bond acceptors (Lipinski definition) is 4. The molecule has 0 spiro atoms. The zero-order valence-electron chi connectivity index (χ0n) is 14.2. The van der Waals surface area contributed by atoms with E-state index in [9.17, 15) is 18.0 Å². The molecule has 1 aliphatic heterocycles. The van der Waals surface area contributed by atoms with Crippen LogP contribution in [-0.2, 0) is 14.8 Å². The highest BCUT2D eigenvalue weighted by Gasteiger charge is 2.25. The maximum absolute atomic E-state index is 12.6. The number of benzene rings is 1. The molecule has 2 rings (SSSR count). The monoisotopic (exact) mass is 353 g/mol. The highest BCUT2D eigenvalue weighted by atomic mass is 32.2. The molecule has 8 heteroatoms. The molecule has 132 valence electrons. The van der Waals surface area contributed by atoms with Crippen molar-refractivity contribution >= 4 is 21.8 Å². The highest BCUT2D eigenvalue weighted by molar-refractivity contribution is 7.89. The molecule has 1 N–H and O–H groups in total. The van der Waals surface area contributed by atoms with E-state index in [-0.39, 0.29) is 22.8 Å². The maximum atomic E-state index is 12.6. The summed E-state index contributed by atoms with van der Waals surface area (Å²) in [6, 6.07) is 6.18. The fourth-order valence-electron chi connectivity index (χ4n) is 2.70. The number of likely N-dealkylation sites (tertiary alicyclic amines) is 1. The van der Waals surface area contributed by atoms with Crippen LogP contribution in [-0.4, -0.2) is 62.7 Å². The lowest BCUT2D eigenvalue weighted by atomic mass is 10.0. The Bertz CT molecular complexity index is 723. The number of nitrogens with one attached hydrogen (secondary N) is 1. The molecule has 0 aliphatic carbocycles. The van der Waals surface area contributed by atoms with Gasteiger partial charge in [0, 0.05) is 45.7 Å². The summed E-state index contributed by atoms with van der Waals surface area (Å²) in [5.74, 6) is -0.256. The number of rotatable bonds is 4. The van der Waals surface area contributed by atoms with Crippen LogP contribution in [0.25, 0.3) is 0 Å². The largest absolute Gasteiger partial charge is 0.353 e. The molecule has 0 radical (unpaired) electrons. The number of carbonyl (C=O) groups is 2. The van der Waals surface area contributed by atoms with Gasteiger partial charge in [0.05, 0.1) is 4.90 Å². The molecular formula is C16H23N3O4S. The molecule has 7 nitrogen and oxygen atoms in total. The molecule has 1 aliphatic rings. The summed E-state index contributed by atoms with van der Waals surface area (Å²) >= 11 is 0. The third kappa shape index (κ3) is 4.12. The van der Waals surface area contributed by atoms with Crippen molar-refractivity contribution in [3.8, 4) is 0 Å². The maximum Gasteiger partial charge on any atom is 0.253 e. The number of hydrogen-bond donors (Lipinski definition) is 1. The SMILES string of the molecule is CC(=O)NC1CCN(C(=O)c2cccc(S(=O)(=O)N(C)C)c2)CC1. The van der Waals surface area contributed by atoms with Crippen molar-refractivity contribution < 1.29 is 18.0 Å². The van der Waals surface area contributed by atoms with Gasteiger partial charge in [-0.3, -0.25) is 9.59 Å². The van der Waals surface area contributed by atoms with Gasteiger partial charge < -0.3 is 10.2 Å². The van der Waals surface area contributed by atoms with Crippen molar-refractivity contribution in [2.24, 2.45) is 0 Å². The van der Waals surface area contributed by atoms with Crippen LogP contribution in [0.2, 0.25) is 0 Å². The zero-order valence-corrected chi connectivity index (χ0v) is 15.0. The minimum absolute atomic E-state index is 0.0682. The van der Waals surface area contributed by atoms with E-state index in [1.54, 1.807) is 17.0 Å². The first kappa shape index (κ1) is 18.4. The van der Waals surface area contributed by atoms with Gasteiger partial charge in [0.15, 0.2) is 0 Å². The molecule has 1 saturated heterocycles. The van der Waals surface area contributed by atoms with Crippen molar-refractivity contribution in [2.75, 3.05) is 27.2 Å². The van der Waals surface area contributed by atoms with Crippen LogP contribution in [0, 0.1) is 0 Å². The van der Waals surface area contributed by atoms with Gasteiger partial charge in [-0.25, -0.2) is 12.7 Å². The van der Waals surface area contributed by atoms with Crippen molar-refractivity contribution in [3.63, 3.8) is 0 Å². The number of piperidine rings is 1. The Morgan fingerprint density at radius 3 is 2.38 bits per heavy atom. The van der Waals surface area contributed by atoms with E-state index < -0.39 is 10.0 Å². The average molecular weight is 353 g/mol. The summed E-state index contributed by atoms with van der Waals surface area (Å²) in [5.41, 5.74) is 0.357. The Morgan fingerprint density at radius 1 is 1.21 bits per heavy atom. The summed E-state index contributed by atoms with van der Waals surface area (Å²) in [6.45, 7) is 2.55. The Balaban J connectivity index is 2.10. The van der Waals surface area contributed by atoms with Crippen LogP contribution in [0.15, 0.2) is 29.2 Å². The molecule has 0 saturated carbocycles. The van der Waals surface area contributed by atoms with E-state index in [1.807, 2.05) is 0 Å². The smallest absolute Gasteiger partial charge is 0.253 e. The van der Waals surface area contributed by atoms with Crippen LogP contribution in [0.3, 0.4) is 0 Å². The van der Waals surface area contributed by atoms with E-state index in [0.717, 1.165) is 4.31 Å². The predicted octanol–water partition coefficient (Wildman–Crippen LogP) is 0.678. The van der Waals surface area contributed by atoms with E-state index in [0.29, 0.717) is 31.5 Å². The summed E-state index contributed by atoms with van der Waals surface area (Å²) in [5, 5.41) is 2.86. The Kier molecular flexibility index (Phi) is 5.61. The topological polar surface area (TPSA) is 86.8 Å². The number of carbonyl (C=O) groups excluding carboxylic acids is 2. The van der Waals surface area contributed by atoms with E-state index in [2.05, 4.69) is 5.32 Å². The van der Waals surface area contributed by atoms with Gasteiger partial charge in [-0.2, -0.15) is 0 Å². The molecule has 24 heavy (non-hydrogen) atoms. The molecule has 2 amide bonds. The second-order valence-corrected chi connectivity index (χ2v) is 8.23. The van der Waals surface area contributed by atoms with Gasteiger partial charge in [0.1, 0.15) is 0 Å². The zero-order chi connectivity index (χ0) is 17.9. The van der Waals surface area contributed by atoms with Crippen LogP contribution < -0.4 is 5.32 Å². The van der Waals surface area contributed by atoms with Crippen LogP contribution in [0.5, 0.6) is 0 Å². The third-order valence-corrected chi connectivity index (χ3v) is 5.86. The molecular weight excluding hydrogens is 330 g/mol. The van der Waals surface area contributed by atoms with Gasteiger partial charge in [0.2, 0.25) is 15.9 Å². The third-order valence-electron chi connectivity index (χ3n) is 4.05. The fraction of sp³-hybridized carbons (Fsp3) is 0.500. The summed E-state index contributed by atoms with van der Waals surface area (Å²) in [6.07, 6.45) is 1.39. The number of amides is 2. The number of sulfonamides is 1. The number of nitrogens with zero attached hydrogens (tertiary/aromatic N) is 2. The van der Waals surface area contributed by atoms with Gasteiger partial charge in [0.25, 0.3) is 5.91 Å². The standard InChI is InChI=1S/C16H23N3O4S/c1-12(20)17-14-7-9-19(10-8-14)16(21)13-5-4-6-15(11-13)24(22,23)18(2)3/h4-6,11,14H,7-10H2,1-3H3,(H,17,20). The van der Waals surface area contributed by atoms with Crippen LogP contribution in [0.4, 0.5) is 0 Å². The lowest BCUT2D eigenvalue weighted by Crippen LogP contribution is -2.46. The Hall–Kier alpha value is -1.93. The predicted molar refractivity (Wildman–Crippen MR) is 90.1 cm³/mol. The molecule has 0 atom stereocenters. The van der Waals surface area contributed by atoms with E-state index in [1.165, 1.54) is 33.2 Å². The van der Waals surface area contributed by atoms with Crippen molar-refractivity contribution in [1.82, 2.24) is 14.5 Å². The highest BCUT2D eigenvalue weighted by Crippen LogP contribution is 2.18. The first-order valence-corrected chi connectivity index (χ1v) is 9.25. The summed E-state index contributed by atoms with van der Waals surface area (Å²) in [4.78, 5) is 25.5. The van der Waals surface area contributed by atoms with Crippen molar-refractivity contribution in [2.45, 2.75) is 30.7 Å².